The predicted octanol–water partition coefficient (Wildman–Crippen LogP) is 2.14. The molecule has 126 valence electrons. The van der Waals surface area contributed by atoms with Gasteiger partial charge in [-0.1, -0.05) is 28.1 Å². The van der Waals surface area contributed by atoms with E-state index in [-0.39, 0.29) is 12.5 Å². The number of nitrogens with zero attached hydrogens (tertiary/aromatic N) is 4. The van der Waals surface area contributed by atoms with E-state index in [1.54, 1.807) is 17.2 Å². The van der Waals surface area contributed by atoms with Gasteiger partial charge < -0.3 is 9.64 Å². The highest BCUT2D eigenvalue weighted by molar-refractivity contribution is 9.10. The molecule has 0 bridgehead atoms. The van der Waals surface area contributed by atoms with Crippen molar-refractivity contribution in [3.63, 3.8) is 0 Å². The summed E-state index contributed by atoms with van der Waals surface area (Å²) in [6.45, 7) is 1.66. The average Bonchev–Trinajstić information content (AvgIpc) is 2.52. The van der Waals surface area contributed by atoms with Crippen LogP contribution in [-0.2, 0) is 4.79 Å². The maximum Gasteiger partial charge on any atom is 0.278 e. The van der Waals surface area contributed by atoms with E-state index in [0.29, 0.717) is 11.8 Å². The molecule has 1 heterocycles. The zero-order valence-electron chi connectivity index (χ0n) is 13.7. The molecule has 0 aliphatic rings. The van der Waals surface area contributed by atoms with Gasteiger partial charge in [0.05, 0.1) is 6.21 Å². The van der Waals surface area contributed by atoms with Crippen molar-refractivity contribution in [1.29, 1.82) is 0 Å². The smallest absolute Gasteiger partial charge is 0.278 e. The van der Waals surface area contributed by atoms with Crippen LogP contribution in [0.25, 0.3) is 0 Å². The molecule has 7 nitrogen and oxygen atoms in total. The van der Waals surface area contributed by atoms with Crippen LogP contribution in [-0.4, -0.2) is 42.8 Å². The molecule has 1 aromatic heterocycles. The van der Waals surface area contributed by atoms with E-state index in [9.17, 15) is 4.79 Å². The standard InChI is InChI=1S/C16H18BrN5O2/c1-11-7-15(20-16(19-11)22(2)3)24-10-14(23)21-18-9-12-5-4-6-13(17)8-12/h4-9H,10H2,1-3H3,(H,21,23). The van der Waals surface area contributed by atoms with Gasteiger partial charge in [-0.2, -0.15) is 10.1 Å². The predicted molar refractivity (Wildman–Crippen MR) is 96.5 cm³/mol. The molecule has 2 aromatic rings. The number of carbonyl (C=O) groups is 1. The van der Waals surface area contributed by atoms with E-state index in [4.69, 9.17) is 4.74 Å². The Kier molecular flexibility index (Phi) is 6.25. The molecule has 0 atom stereocenters. The van der Waals surface area contributed by atoms with E-state index in [1.807, 2.05) is 45.3 Å². The van der Waals surface area contributed by atoms with Crippen molar-refractivity contribution < 1.29 is 9.53 Å². The minimum absolute atomic E-state index is 0.181. The maximum atomic E-state index is 11.8. The monoisotopic (exact) mass is 391 g/mol. The lowest BCUT2D eigenvalue weighted by Crippen LogP contribution is -2.25. The maximum absolute atomic E-state index is 11.8. The molecule has 8 heteroatoms. The lowest BCUT2D eigenvalue weighted by atomic mass is 10.2. The van der Waals surface area contributed by atoms with Crippen molar-refractivity contribution in [2.45, 2.75) is 6.92 Å². The zero-order chi connectivity index (χ0) is 17.5. The summed E-state index contributed by atoms with van der Waals surface area (Å²) in [4.78, 5) is 22.0. The van der Waals surface area contributed by atoms with Gasteiger partial charge >= 0.3 is 0 Å². The van der Waals surface area contributed by atoms with E-state index >= 15 is 0 Å². The Labute approximate surface area is 148 Å². The summed E-state index contributed by atoms with van der Waals surface area (Å²) in [7, 11) is 3.67. The second kappa shape index (κ2) is 8.39. The third-order valence-corrected chi connectivity index (χ3v) is 3.31. The van der Waals surface area contributed by atoms with Gasteiger partial charge in [-0.15, -0.1) is 0 Å². The highest BCUT2D eigenvalue weighted by Crippen LogP contribution is 2.13. The zero-order valence-corrected chi connectivity index (χ0v) is 15.2. The van der Waals surface area contributed by atoms with Crippen LogP contribution in [0.4, 0.5) is 5.95 Å². The Bertz CT molecular complexity index is 749. The molecule has 24 heavy (non-hydrogen) atoms. The molecule has 0 aliphatic heterocycles. The summed E-state index contributed by atoms with van der Waals surface area (Å²) < 4.78 is 6.33. The number of benzene rings is 1. The van der Waals surface area contributed by atoms with Crippen molar-refractivity contribution >= 4 is 34.0 Å². The van der Waals surface area contributed by atoms with Crippen LogP contribution in [0.2, 0.25) is 0 Å². The SMILES string of the molecule is Cc1cc(OCC(=O)NN=Cc2cccc(Br)c2)nc(N(C)C)n1. The number of ether oxygens (including phenoxy) is 1. The van der Waals surface area contributed by atoms with E-state index in [1.165, 1.54) is 0 Å². The quantitative estimate of drug-likeness (QED) is 0.602. The summed E-state index contributed by atoms with van der Waals surface area (Å²) in [5, 5.41) is 3.89. The topological polar surface area (TPSA) is 79.7 Å². The molecule has 0 saturated heterocycles. The number of aryl methyl sites for hydroxylation is 1. The minimum atomic E-state index is -0.371. The Hall–Kier alpha value is -2.48. The third-order valence-electron chi connectivity index (χ3n) is 2.82. The summed E-state index contributed by atoms with van der Waals surface area (Å²) in [6.07, 6.45) is 1.56. The van der Waals surface area contributed by atoms with Crippen LogP contribution in [0.15, 0.2) is 39.9 Å². The molecule has 0 aliphatic carbocycles. The molecule has 0 spiro atoms. The number of carbonyl (C=O) groups excluding carboxylic acids is 1. The van der Waals surface area contributed by atoms with Gasteiger partial charge in [0.25, 0.3) is 5.91 Å². The molecule has 1 aromatic carbocycles. The average molecular weight is 392 g/mol. The van der Waals surface area contributed by atoms with E-state index < -0.39 is 0 Å². The second-order valence-corrected chi connectivity index (χ2v) is 6.09. The number of halogens is 1. The van der Waals surface area contributed by atoms with Gasteiger partial charge in [0.1, 0.15) is 0 Å². The van der Waals surface area contributed by atoms with Crippen molar-refractivity contribution in [2.75, 3.05) is 25.6 Å². The third kappa shape index (κ3) is 5.62. The number of hydrogen-bond acceptors (Lipinski definition) is 6. The van der Waals surface area contributed by atoms with Crippen LogP contribution < -0.4 is 15.1 Å². The van der Waals surface area contributed by atoms with Crippen LogP contribution >= 0.6 is 15.9 Å². The largest absolute Gasteiger partial charge is 0.467 e. The first-order chi connectivity index (χ1) is 11.4. The fraction of sp³-hybridized carbons (Fsp3) is 0.250. The Morgan fingerprint density at radius 1 is 1.38 bits per heavy atom. The first-order valence-corrected chi connectivity index (χ1v) is 7.96. The Morgan fingerprint density at radius 2 is 2.17 bits per heavy atom. The highest BCUT2D eigenvalue weighted by Gasteiger charge is 2.07. The fourth-order valence-electron chi connectivity index (χ4n) is 1.74. The van der Waals surface area contributed by atoms with Gasteiger partial charge in [0, 0.05) is 30.3 Å². The lowest BCUT2D eigenvalue weighted by molar-refractivity contribution is -0.123. The van der Waals surface area contributed by atoms with Crippen molar-refractivity contribution in [3.05, 3.63) is 46.1 Å². The second-order valence-electron chi connectivity index (χ2n) is 5.18. The number of nitrogens with one attached hydrogen (secondary N) is 1. The van der Waals surface area contributed by atoms with Gasteiger partial charge in [-0.05, 0) is 24.6 Å². The van der Waals surface area contributed by atoms with Crippen molar-refractivity contribution in [2.24, 2.45) is 5.10 Å². The van der Waals surface area contributed by atoms with Crippen LogP contribution in [0.3, 0.4) is 0 Å². The molecule has 2 rings (SSSR count). The van der Waals surface area contributed by atoms with E-state index in [2.05, 4.69) is 36.4 Å². The van der Waals surface area contributed by atoms with Crippen LogP contribution in [0, 0.1) is 6.92 Å². The fourth-order valence-corrected chi connectivity index (χ4v) is 2.15. The minimum Gasteiger partial charge on any atom is -0.467 e. The molecular weight excluding hydrogens is 374 g/mol. The number of amides is 1. The number of hydrazone groups is 1. The summed E-state index contributed by atoms with van der Waals surface area (Å²) in [6, 6.07) is 9.23. The molecule has 0 radical (unpaired) electrons. The van der Waals surface area contributed by atoms with Crippen LogP contribution in [0.1, 0.15) is 11.3 Å². The Morgan fingerprint density at radius 3 is 2.88 bits per heavy atom. The van der Waals surface area contributed by atoms with Gasteiger partial charge in [-0.25, -0.2) is 10.4 Å². The summed E-state index contributed by atoms with van der Waals surface area (Å²) in [5.41, 5.74) is 4.04. The molecular formula is C16H18BrN5O2. The molecule has 1 amide bonds. The van der Waals surface area contributed by atoms with Gasteiger partial charge in [-0.3, -0.25) is 4.79 Å². The summed E-state index contributed by atoms with van der Waals surface area (Å²) >= 11 is 3.37. The number of rotatable bonds is 6. The Balaban J connectivity index is 1.87. The number of hydrogen-bond donors (Lipinski definition) is 1. The van der Waals surface area contributed by atoms with Gasteiger partial charge in [0.2, 0.25) is 11.8 Å². The number of anilines is 1. The normalized spacial score (nSPS) is 10.7. The molecule has 1 N–H and O–H groups in total. The molecule has 0 unspecified atom stereocenters. The van der Waals surface area contributed by atoms with Gasteiger partial charge in [0.15, 0.2) is 6.61 Å². The van der Waals surface area contributed by atoms with Crippen molar-refractivity contribution in [3.8, 4) is 5.88 Å². The highest BCUT2D eigenvalue weighted by atomic mass is 79.9. The van der Waals surface area contributed by atoms with E-state index in [0.717, 1.165) is 15.7 Å². The summed E-state index contributed by atoms with van der Waals surface area (Å²) in [5.74, 6) is 0.499. The number of aromatic nitrogens is 2. The van der Waals surface area contributed by atoms with Crippen molar-refractivity contribution in [1.82, 2.24) is 15.4 Å². The molecule has 0 fully saturated rings. The lowest BCUT2D eigenvalue weighted by Gasteiger charge is -2.12. The first-order valence-electron chi connectivity index (χ1n) is 7.17. The molecule has 0 saturated carbocycles. The van der Waals surface area contributed by atoms with Crippen LogP contribution in [0.5, 0.6) is 5.88 Å². The first kappa shape index (κ1) is 17.9.